The number of piperidine rings is 1. The maximum absolute atomic E-state index is 11.0. The molecule has 1 N–H and O–H groups in total. The summed E-state index contributed by atoms with van der Waals surface area (Å²) in [5.74, 6) is 3.09. The second kappa shape index (κ2) is 10.2. The lowest BCUT2D eigenvalue weighted by atomic mass is 9.82. The standard InChI is InChI=1S/C27H30N6O3/c34-17-19-6-4-18(5-7-19)16-33-12-10-22(11-13-33)35-23-3-1-2-20(14-23)26-24-15-21(27-28-31-32-29-27)8-9-25(24)30-36-26/h1-3,8-9,14-15,17-19,22H,4-7,10-13,16H2,(H,28,29,31,32). The quantitative estimate of drug-likeness (QED) is 0.380. The van der Waals surface area contributed by atoms with E-state index in [4.69, 9.17) is 9.26 Å². The maximum atomic E-state index is 11.0. The van der Waals surface area contributed by atoms with Gasteiger partial charge >= 0.3 is 0 Å². The van der Waals surface area contributed by atoms with E-state index in [1.54, 1.807) is 0 Å². The molecule has 0 unspecified atom stereocenters. The number of H-pyrrole nitrogens is 1. The third kappa shape index (κ3) is 4.88. The van der Waals surface area contributed by atoms with Crippen molar-refractivity contribution in [2.45, 2.75) is 44.6 Å². The number of nitrogens with zero attached hydrogens (tertiary/aromatic N) is 5. The van der Waals surface area contributed by atoms with Crippen molar-refractivity contribution < 1.29 is 14.1 Å². The van der Waals surface area contributed by atoms with Gasteiger partial charge in [-0.1, -0.05) is 17.3 Å². The number of rotatable bonds is 7. The zero-order valence-electron chi connectivity index (χ0n) is 20.2. The highest BCUT2D eigenvalue weighted by atomic mass is 16.5. The van der Waals surface area contributed by atoms with Gasteiger partial charge in [0.1, 0.15) is 23.7 Å². The average Bonchev–Trinajstić information content (AvgIpc) is 3.61. The van der Waals surface area contributed by atoms with E-state index >= 15 is 0 Å². The molecule has 1 saturated carbocycles. The van der Waals surface area contributed by atoms with E-state index in [2.05, 4.69) is 30.7 Å². The number of nitrogens with one attached hydrogen (secondary N) is 1. The molecule has 0 amide bonds. The third-order valence-corrected chi connectivity index (χ3v) is 7.61. The number of aromatic amines is 1. The maximum Gasteiger partial charge on any atom is 0.204 e. The number of ether oxygens (including phenoxy) is 1. The lowest BCUT2D eigenvalue weighted by molar-refractivity contribution is -0.112. The molecule has 36 heavy (non-hydrogen) atoms. The van der Waals surface area contributed by atoms with Crippen LogP contribution < -0.4 is 4.74 Å². The van der Waals surface area contributed by atoms with E-state index in [9.17, 15) is 4.79 Å². The van der Waals surface area contributed by atoms with E-state index in [1.165, 1.54) is 12.8 Å². The van der Waals surface area contributed by atoms with Gasteiger partial charge in [0.15, 0.2) is 5.76 Å². The predicted octanol–water partition coefficient (Wildman–Crippen LogP) is 4.52. The fourth-order valence-electron chi connectivity index (χ4n) is 5.56. The van der Waals surface area contributed by atoms with Gasteiger partial charge in [-0.25, -0.2) is 0 Å². The number of hydrogen-bond acceptors (Lipinski definition) is 8. The first-order chi connectivity index (χ1) is 17.7. The fraction of sp³-hybridized carbons (Fsp3) is 0.444. The summed E-state index contributed by atoms with van der Waals surface area (Å²) in [7, 11) is 0. The Bertz CT molecular complexity index is 1300. The SMILES string of the molecule is O=CC1CCC(CN2CCC(Oc3cccc(-c4onc5ccc(-c6nn[nH]n6)cc45)c3)CC2)CC1. The van der Waals surface area contributed by atoms with Crippen LogP contribution in [0.4, 0.5) is 0 Å². The number of benzene rings is 2. The molecule has 9 heteroatoms. The number of carbonyl (C=O) groups is 1. The molecule has 186 valence electrons. The number of aldehydes is 1. The summed E-state index contributed by atoms with van der Waals surface area (Å²) in [6, 6.07) is 13.8. The van der Waals surface area contributed by atoms with Crippen molar-refractivity contribution >= 4 is 17.2 Å². The number of fused-ring (bicyclic) bond motifs is 1. The summed E-state index contributed by atoms with van der Waals surface area (Å²) in [6.07, 6.45) is 7.87. The summed E-state index contributed by atoms with van der Waals surface area (Å²) in [5.41, 5.74) is 2.54. The van der Waals surface area contributed by atoms with Crippen molar-refractivity contribution in [2.75, 3.05) is 19.6 Å². The minimum Gasteiger partial charge on any atom is -0.490 e. The van der Waals surface area contributed by atoms with Crippen LogP contribution in [0.1, 0.15) is 38.5 Å². The minimum absolute atomic E-state index is 0.207. The molecule has 6 rings (SSSR count). The van der Waals surface area contributed by atoms with Crippen LogP contribution in [0.15, 0.2) is 47.0 Å². The van der Waals surface area contributed by atoms with Crippen LogP contribution in [0.25, 0.3) is 33.6 Å². The highest BCUT2D eigenvalue weighted by Crippen LogP contribution is 2.34. The van der Waals surface area contributed by atoms with E-state index in [-0.39, 0.29) is 6.10 Å². The van der Waals surface area contributed by atoms with Crippen molar-refractivity contribution in [3.05, 3.63) is 42.5 Å². The molecule has 1 aliphatic carbocycles. The molecule has 0 bridgehead atoms. The van der Waals surface area contributed by atoms with Crippen molar-refractivity contribution in [1.29, 1.82) is 0 Å². The zero-order valence-corrected chi connectivity index (χ0v) is 20.2. The van der Waals surface area contributed by atoms with Crippen LogP contribution in [0.3, 0.4) is 0 Å². The highest BCUT2D eigenvalue weighted by Gasteiger charge is 2.26. The van der Waals surface area contributed by atoms with Gasteiger partial charge in [-0.15, -0.1) is 10.2 Å². The van der Waals surface area contributed by atoms with Crippen LogP contribution in [0, 0.1) is 11.8 Å². The normalized spacial score (nSPS) is 21.6. The van der Waals surface area contributed by atoms with Gasteiger partial charge in [0.25, 0.3) is 0 Å². The van der Waals surface area contributed by atoms with Crippen LogP contribution >= 0.6 is 0 Å². The Kier molecular flexibility index (Phi) is 6.46. The lowest BCUT2D eigenvalue weighted by Gasteiger charge is -2.36. The first kappa shape index (κ1) is 22.8. The van der Waals surface area contributed by atoms with E-state index in [0.717, 1.165) is 85.3 Å². The van der Waals surface area contributed by atoms with Crippen LogP contribution in [-0.4, -0.2) is 62.7 Å². The van der Waals surface area contributed by atoms with Gasteiger partial charge in [0.2, 0.25) is 5.82 Å². The first-order valence-electron chi connectivity index (χ1n) is 12.8. The van der Waals surface area contributed by atoms with Gasteiger partial charge in [-0.05, 0) is 80.0 Å². The van der Waals surface area contributed by atoms with E-state index < -0.39 is 0 Å². The smallest absolute Gasteiger partial charge is 0.204 e. The third-order valence-electron chi connectivity index (χ3n) is 7.61. The molecule has 2 fully saturated rings. The van der Waals surface area contributed by atoms with E-state index in [0.29, 0.717) is 17.5 Å². The number of aromatic nitrogens is 5. The van der Waals surface area contributed by atoms with Crippen molar-refractivity contribution in [3.8, 4) is 28.5 Å². The molecule has 2 aromatic carbocycles. The van der Waals surface area contributed by atoms with Gasteiger partial charge in [0, 0.05) is 36.7 Å². The molecular formula is C27H30N6O3. The number of tetrazole rings is 1. The molecule has 9 nitrogen and oxygen atoms in total. The molecule has 3 heterocycles. The van der Waals surface area contributed by atoms with Gasteiger partial charge in [0.05, 0.1) is 5.39 Å². The number of likely N-dealkylation sites (tertiary alicyclic amines) is 1. The molecule has 1 saturated heterocycles. The van der Waals surface area contributed by atoms with Crippen molar-refractivity contribution in [2.24, 2.45) is 11.8 Å². The Balaban J connectivity index is 1.09. The van der Waals surface area contributed by atoms with Crippen molar-refractivity contribution in [3.63, 3.8) is 0 Å². The Morgan fingerprint density at radius 1 is 1.03 bits per heavy atom. The second-order valence-corrected chi connectivity index (χ2v) is 10.0. The zero-order chi connectivity index (χ0) is 24.3. The molecular weight excluding hydrogens is 456 g/mol. The molecule has 4 aromatic rings. The largest absolute Gasteiger partial charge is 0.490 e. The van der Waals surface area contributed by atoms with Crippen molar-refractivity contribution in [1.82, 2.24) is 30.7 Å². The number of hydrogen-bond donors (Lipinski definition) is 1. The Morgan fingerprint density at radius 2 is 1.89 bits per heavy atom. The van der Waals surface area contributed by atoms with E-state index in [1.807, 2.05) is 42.5 Å². The van der Waals surface area contributed by atoms with Gasteiger partial charge in [-0.3, -0.25) is 0 Å². The van der Waals surface area contributed by atoms with Crippen LogP contribution in [0.2, 0.25) is 0 Å². The monoisotopic (exact) mass is 486 g/mol. The molecule has 1 aliphatic heterocycles. The highest BCUT2D eigenvalue weighted by molar-refractivity contribution is 5.94. The summed E-state index contributed by atoms with van der Waals surface area (Å²) >= 11 is 0. The Labute approximate surface area is 209 Å². The van der Waals surface area contributed by atoms with Gasteiger partial charge < -0.3 is 19.0 Å². The second-order valence-electron chi connectivity index (χ2n) is 10.0. The van der Waals surface area contributed by atoms with Crippen LogP contribution in [0.5, 0.6) is 5.75 Å². The fourth-order valence-corrected chi connectivity index (χ4v) is 5.56. The molecule has 0 atom stereocenters. The predicted molar refractivity (Wildman–Crippen MR) is 134 cm³/mol. The minimum atomic E-state index is 0.207. The number of carbonyl (C=O) groups excluding carboxylic acids is 1. The summed E-state index contributed by atoms with van der Waals surface area (Å²) in [6.45, 7) is 3.27. The summed E-state index contributed by atoms with van der Waals surface area (Å²) in [4.78, 5) is 13.6. The van der Waals surface area contributed by atoms with Gasteiger partial charge in [-0.2, -0.15) is 5.21 Å². The molecule has 0 spiro atoms. The topological polar surface area (TPSA) is 110 Å². The van der Waals surface area contributed by atoms with Crippen LogP contribution in [-0.2, 0) is 4.79 Å². The molecule has 2 aromatic heterocycles. The molecule has 2 aliphatic rings. The summed E-state index contributed by atoms with van der Waals surface area (Å²) in [5, 5.41) is 19.4. The summed E-state index contributed by atoms with van der Waals surface area (Å²) < 4.78 is 12.1. The first-order valence-corrected chi connectivity index (χ1v) is 12.8. The lowest BCUT2D eigenvalue weighted by Crippen LogP contribution is -2.41. The Morgan fingerprint density at radius 3 is 2.67 bits per heavy atom. The Hall–Kier alpha value is -3.59. The average molecular weight is 487 g/mol. The molecule has 0 radical (unpaired) electrons.